The summed E-state index contributed by atoms with van der Waals surface area (Å²) in [5.41, 5.74) is 9.68. The Morgan fingerprint density at radius 2 is 1.69 bits per heavy atom. The first kappa shape index (κ1) is 10.5. The fourth-order valence-electron chi connectivity index (χ4n) is 1.44. The van der Waals surface area contributed by atoms with Crippen LogP contribution in [0.4, 0.5) is 17.2 Å². The normalized spacial score (nSPS) is 10.1. The van der Waals surface area contributed by atoms with Crippen LogP contribution in [0, 0.1) is 13.8 Å². The molecule has 0 saturated carbocycles. The Balaban J connectivity index is 2.26. The summed E-state index contributed by atoms with van der Waals surface area (Å²) in [6.45, 7) is 4.00. The van der Waals surface area contributed by atoms with Crippen molar-refractivity contribution >= 4 is 17.2 Å². The number of aromatic nitrogens is 1. The Morgan fingerprint density at radius 1 is 1.00 bits per heavy atom. The van der Waals surface area contributed by atoms with E-state index in [1.807, 2.05) is 43.3 Å². The number of nitrogens with zero attached hydrogens (tertiary/aromatic N) is 1. The van der Waals surface area contributed by atoms with Crippen molar-refractivity contribution in [2.45, 2.75) is 13.8 Å². The molecule has 0 aliphatic heterocycles. The van der Waals surface area contributed by atoms with Gasteiger partial charge in [0, 0.05) is 11.4 Å². The lowest BCUT2D eigenvalue weighted by Crippen LogP contribution is -2.00. The Hall–Kier alpha value is -2.03. The molecule has 2 aromatic rings. The van der Waals surface area contributed by atoms with Crippen LogP contribution >= 0.6 is 0 Å². The molecule has 3 heteroatoms. The van der Waals surface area contributed by atoms with Crippen LogP contribution in [0.15, 0.2) is 36.4 Å². The summed E-state index contributed by atoms with van der Waals surface area (Å²) in [6, 6.07) is 11.9. The number of anilines is 3. The van der Waals surface area contributed by atoms with E-state index in [1.54, 1.807) is 0 Å². The van der Waals surface area contributed by atoms with Crippen molar-refractivity contribution in [1.82, 2.24) is 4.98 Å². The van der Waals surface area contributed by atoms with Gasteiger partial charge < -0.3 is 11.1 Å². The van der Waals surface area contributed by atoms with Crippen molar-refractivity contribution in [3.05, 3.63) is 47.7 Å². The standard InChI is InChI=1S/C13H15N3/c1-9-3-6-11(7-4-9)16-13-12(14)8-5-10(2)15-13/h3-8H,14H2,1-2H3,(H,15,16). The van der Waals surface area contributed by atoms with Gasteiger partial charge in [-0.1, -0.05) is 17.7 Å². The average Bonchev–Trinajstić information content (AvgIpc) is 2.27. The molecular formula is C13H15N3. The Labute approximate surface area is 95.3 Å². The number of hydrogen-bond acceptors (Lipinski definition) is 3. The van der Waals surface area contributed by atoms with E-state index in [0.717, 1.165) is 11.4 Å². The number of nitrogen functional groups attached to an aromatic ring is 1. The molecular weight excluding hydrogens is 198 g/mol. The van der Waals surface area contributed by atoms with Gasteiger partial charge >= 0.3 is 0 Å². The highest BCUT2D eigenvalue weighted by Gasteiger charge is 2.01. The number of nitrogens with two attached hydrogens (primary N) is 1. The zero-order chi connectivity index (χ0) is 11.5. The van der Waals surface area contributed by atoms with E-state index in [9.17, 15) is 0 Å². The number of benzene rings is 1. The maximum Gasteiger partial charge on any atom is 0.153 e. The first-order valence-electron chi connectivity index (χ1n) is 5.22. The quantitative estimate of drug-likeness (QED) is 0.806. The van der Waals surface area contributed by atoms with Crippen molar-refractivity contribution in [3.8, 4) is 0 Å². The van der Waals surface area contributed by atoms with Crippen LogP contribution in [-0.2, 0) is 0 Å². The topological polar surface area (TPSA) is 50.9 Å². The number of pyridine rings is 1. The highest BCUT2D eigenvalue weighted by Crippen LogP contribution is 2.21. The van der Waals surface area contributed by atoms with Gasteiger partial charge in [0.05, 0.1) is 5.69 Å². The summed E-state index contributed by atoms with van der Waals surface area (Å²) < 4.78 is 0. The summed E-state index contributed by atoms with van der Waals surface area (Å²) >= 11 is 0. The van der Waals surface area contributed by atoms with E-state index in [4.69, 9.17) is 5.73 Å². The van der Waals surface area contributed by atoms with Gasteiger partial charge in [-0.25, -0.2) is 4.98 Å². The zero-order valence-corrected chi connectivity index (χ0v) is 9.49. The van der Waals surface area contributed by atoms with Gasteiger partial charge in [0.15, 0.2) is 5.82 Å². The fraction of sp³-hybridized carbons (Fsp3) is 0.154. The smallest absolute Gasteiger partial charge is 0.153 e. The predicted octanol–water partition coefficient (Wildman–Crippen LogP) is 3.02. The van der Waals surface area contributed by atoms with Gasteiger partial charge in [-0.2, -0.15) is 0 Å². The molecule has 0 saturated heterocycles. The Morgan fingerprint density at radius 3 is 2.38 bits per heavy atom. The molecule has 0 aliphatic carbocycles. The largest absolute Gasteiger partial charge is 0.396 e. The molecule has 3 N–H and O–H groups in total. The van der Waals surface area contributed by atoms with Gasteiger partial charge in [-0.05, 0) is 38.1 Å². The van der Waals surface area contributed by atoms with E-state index in [0.29, 0.717) is 11.5 Å². The van der Waals surface area contributed by atoms with Crippen LogP contribution in [0.5, 0.6) is 0 Å². The van der Waals surface area contributed by atoms with Crippen molar-refractivity contribution in [1.29, 1.82) is 0 Å². The molecule has 16 heavy (non-hydrogen) atoms. The van der Waals surface area contributed by atoms with E-state index >= 15 is 0 Å². The van der Waals surface area contributed by atoms with Crippen molar-refractivity contribution in [3.63, 3.8) is 0 Å². The number of nitrogens with one attached hydrogen (secondary N) is 1. The number of hydrogen-bond donors (Lipinski definition) is 2. The van der Waals surface area contributed by atoms with Crippen molar-refractivity contribution in [2.75, 3.05) is 11.1 Å². The maximum absolute atomic E-state index is 5.84. The van der Waals surface area contributed by atoms with Gasteiger partial charge in [0.25, 0.3) is 0 Å². The molecule has 0 amide bonds. The fourth-order valence-corrected chi connectivity index (χ4v) is 1.44. The lowest BCUT2D eigenvalue weighted by Gasteiger charge is -2.09. The molecule has 82 valence electrons. The van der Waals surface area contributed by atoms with Gasteiger partial charge in [-0.15, -0.1) is 0 Å². The van der Waals surface area contributed by atoms with E-state index < -0.39 is 0 Å². The molecule has 1 aromatic heterocycles. The van der Waals surface area contributed by atoms with Gasteiger partial charge in [0.2, 0.25) is 0 Å². The van der Waals surface area contributed by atoms with Crippen LogP contribution in [-0.4, -0.2) is 4.98 Å². The Kier molecular flexibility index (Phi) is 2.77. The average molecular weight is 213 g/mol. The summed E-state index contributed by atoms with van der Waals surface area (Å²) in [4.78, 5) is 4.35. The second kappa shape index (κ2) is 4.23. The van der Waals surface area contributed by atoms with Crippen LogP contribution in [0.3, 0.4) is 0 Å². The van der Waals surface area contributed by atoms with E-state index in [-0.39, 0.29) is 0 Å². The zero-order valence-electron chi connectivity index (χ0n) is 9.49. The van der Waals surface area contributed by atoms with Crippen LogP contribution in [0.25, 0.3) is 0 Å². The minimum atomic E-state index is 0.658. The third kappa shape index (κ3) is 2.31. The molecule has 0 unspecified atom stereocenters. The maximum atomic E-state index is 5.84. The third-order valence-electron chi connectivity index (χ3n) is 2.38. The Bertz CT molecular complexity index is 489. The molecule has 0 radical (unpaired) electrons. The molecule has 1 aromatic carbocycles. The third-order valence-corrected chi connectivity index (χ3v) is 2.38. The lowest BCUT2D eigenvalue weighted by molar-refractivity contribution is 1.20. The molecule has 1 heterocycles. The second-order valence-corrected chi connectivity index (χ2v) is 3.88. The molecule has 0 aliphatic rings. The van der Waals surface area contributed by atoms with Crippen LogP contribution in [0.1, 0.15) is 11.3 Å². The molecule has 0 bridgehead atoms. The first-order valence-corrected chi connectivity index (χ1v) is 5.22. The second-order valence-electron chi connectivity index (χ2n) is 3.88. The van der Waals surface area contributed by atoms with E-state index in [1.165, 1.54) is 5.56 Å². The minimum Gasteiger partial charge on any atom is -0.396 e. The first-order chi connectivity index (χ1) is 7.65. The van der Waals surface area contributed by atoms with Gasteiger partial charge in [-0.3, -0.25) is 0 Å². The predicted molar refractivity (Wildman–Crippen MR) is 67.8 cm³/mol. The lowest BCUT2D eigenvalue weighted by atomic mass is 10.2. The van der Waals surface area contributed by atoms with E-state index in [2.05, 4.69) is 17.2 Å². The molecule has 0 fully saturated rings. The SMILES string of the molecule is Cc1ccc(Nc2nc(C)ccc2N)cc1. The monoisotopic (exact) mass is 213 g/mol. The van der Waals surface area contributed by atoms with Crippen LogP contribution in [0.2, 0.25) is 0 Å². The highest BCUT2D eigenvalue weighted by atomic mass is 15.0. The van der Waals surface area contributed by atoms with Crippen molar-refractivity contribution in [2.24, 2.45) is 0 Å². The molecule has 3 nitrogen and oxygen atoms in total. The molecule has 0 spiro atoms. The summed E-state index contributed by atoms with van der Waals surface area (Å²) in [6.07, 6.45) is 0. The molecule has 2 rings (SSSR count). The molecule has 0 atom stereocenters. The summed E-state index contributed by atoms with van der Waals surface area (Å²) in [7, 11) is 0. The number of rotatable bonds is 2. The highest BCUT2D eigenvalue weighted by molar-refractivity contribution is 5.68. The van der Waals surface area contributed by atoms with Gasteiger partial charge in [0.1, 0.15) is 0 Å². The summed E-state index contributed by atoms with van der Waals surface area (Å²) in [5.74, 6) is 0.712. The number of aryl methyl sites for hydroxylation is 2. The summed E-state index contributed by atoms with van der Waals surface area (Å²) in [5, 5.41) is 3.20. The minimum absolute atomic E-state index is 0.658. The van der Waals surface area contributed by atoms with Crippen LogP contribution < -0.4 is 11.1 Å². The van der Waals surface area contributed by atoms with Crippen molar-refractivity contribution < 1.29 is 0 Å².